The van der Waals surface area contributed by atoms with E-state index in [9.17, 15) is 14.4 Å². The third-order valence-corrected chi connectivity index (χ3v) is 6.04. The number of amides is 1. The Hall–Kier alpha value is -3.81. The molecule has 1 aromatic heterocycles. The number of nitrogens with zero attached hydrogens (tertiary/aromatic N) is 2. The average Bonchev–Trinajstić information content (AvgIpc) is 3.31. The van der Waals surface area contributed by atoms with E-state index < -0.39 is 5.97 Å². The zero-order valence-electron chi connectivity index (χ0n) is 18.1. The van der Waals surface area contributed by atoms with Gasteiger partial charge in [-0.25, -0.2) is 9.78 Å². The van der Waals surface area contributed by atoms with E-state index in [1.54, 1.807) is 53.9 Å². The van der Waals surface area contributed by atoms with Crippen molar-refractivity contribution in [2.75, 3.05) is 4.90 Å². The van der Waals surface area contributed by atoms with E-state index in [4.69, 9.17) is 16.3 Å². The SMILES string of the molecule is CC(=O)N(c1ccccc1)c1nc(COC(=O)c2ccccc2C(=O)c2ccc(Cl)cc2)cs1. The number of thiazole rings is 1. The molecule has 0 unspecified atom stereocenters. The highest BCUT2D eigenvalue weighted by Crippen LogP contribution is 2.29. The number of halogens is 1. The van der Waals surface area contributed by atoms with E-state index in [-0.39, 0.29) is 29.4 Å². The Bertz CT molecular complexity index is 1340. The summed E-state index contributed by atoms with van der Waals surface area (Å²) < 4.78 is 5.45. The van der Waals surface area contributed by atoms with Gasteiger partial charge in [-0.05, 0) is 42.5 Å². The minimum absolute atomic E-state index is 0.0979. The van der Waals surface area contributed by atoms with Crippen LogP contribution in [0.3, 0.4) is 0 Å². The molecule has 0 saturated heterocycles. The maximum absolute atomic E-state index is 12.9. The van der Waals surface area contributed by atoms with Gasteiger partial charge in [-0.15, -0.1) is 11.3 Å². The van der Waals surface area contributed by atoms with Crippen molar-refractivity contribution in [3.05, 3.63) is 112 Å². The highest BCUT2D eigenvalue weighted by atomic mass is 35.5. The fourth-order valence-electron chi connectivity index (χ4n) is 3.30. The topological polar surface area (TPSA) is 76.6 Å². The van der Waals surface area contributed by atoms with Gasteiger partial charge in [0.1, 0.15) is 6.61 Å². The number of carbonyl (C=O) groups is 3. The zero-order valence-corrected chi connectivity index (χ0v) is 19.7. The molecule has 0 aliphatic heterocycles. The molecule has 1 amide bonds. The van der Waals surface area contributed by atoms with Gasteiger partial charge in [-0.3, -0.25) is 14.5 Å². The van der Waals surface area contributed by atoms with Crippen molar-refractivity contribution < 1.29 is 19.1 Å². The van der Waals surface area contributed by atoms with Gasteiger partial charge < -0.3 is 4.74 Å². The van der Waals surface area contributed by atoms with Gasteiger partial charge in [0, 0.05) is 28.5 Å². The van der Waals surface area contributed by atoms with E-state index in [0.717, 1.165) is 0 Å². The molecule has 0 spiro atoms. The first kappa shape index (κ1) is 23.4. The second kappa shape index (κ2) is 10.4. The summed E-state index contributed by atoms with van der Waals surface area (Å²) in [6.45, 7) is 1.36. The molecule has 0 N–H and O–H groups in total. The number of benzene rings is 3. The average molecular weight is 491 g/mol. The first-order valence-electron chi connectivity index (χ1n) is 10.3. The summed E-state index contributed by atoms with van der Waals surface area (Å²) in [6.07, 6.45) is 0. The minimum Gasteiger partial charge on any atom is -0.456 e. The molecule has 8 heteroatoms. The van der Waals surface area contributed by atoms with Gasteiger partial charge in [0.2, 0.25) is 5.91 Å². The summed E-state index contributed by atoms with van der Waals surface area (Å²) in [5.41, 5.74) is 2.01. The van der Waals surface area contributed by atoms with Crippen molar-refractivity contribution in [3.63, 3.8) is 0 Å². The van der Waals surface area contributed by atoms with Crippen molar-refractivity contribution >= 4 is 51.4 Å². The highest BCUT2D eigenvalue weighted by Gasteiger charge is 2.21. The maximum atomic E-state index is 12.9. The smallest absolute Gasteiger partial charge is 0.339 e. The Morgan fingerprint density at radius 3 is 2.24 bits per heavy atom. The first-order chi connectivity index (χ1) is 16.4. The lowest BCUT2D eigenvalue weighted by molar-refractivity contribution is -0.115. The van der Waals surface area contributed by atoms with E-state index in [0.29, 0.717) is 27.1 Å². The van der Waals surface area contributed by atoms with Crippen molar-refractivity contribution in [3.8, 4) is 0 Å². The number of para-hydroxylation sites is 1. The quantitative estimate of drug-likeness (QED) is 0.232. The summed E-state index contributed by atoms with van der Waals surface area (Å²) in [5.74, 6) is -1.13. The molecule has 0 bridgehead atoms. The molecule has 4 aromatic rings. The fourth-order valence-corrected chi connectivity index (χ4v) is 4.30. The first-order valence-corrected chi connectivity index (χ1v) is 11.6. The summed E-state index contributed by atoms with van der Waals surface area (Å²) in [5, 5.41) is 2.72. The van der Waals surface area contributed by atoms with Crippen molar-refractivity contribution in [1.29, 1.82) is 0 Å². The molecule has 0 aliphatic rings. The third kappa shape index (κ3) is 5.22. The van der Waals surface area contributed by atoms with Crippen LogP contribution in [0.25, 0.3) is 0 Å². The van der Waals surface area contributed by atoms with Gasteiger partial charge >= 0.3 is 5.97 Å². The summed E-state index contributed by atoms with van der Waals surface area (Å²) in [7, 11) is 0. The number of anilines is 2. The molecule has 6 nitrogen and oxygen atoms in total. The molecule has 3 aromatic carbocycles. The van der Waals surface area contributed by atoms with Crippen molar-refractivity contribution in [1.82, 2.24) is 4.98 Å². The van der Waals surface area contributed by atoms with Gasteiger partial charge in [0.05, 0.1) is 16.9 Å². The standard InChI is InChI=1S/C26H19ClN2O4S/c1-17(30)29(21-7-3-2-4-8-21)26-28-20(16-34-26)15-33-25(32)23-10-6-5-9-22(23)24(31)18-11-13-19(27)14-12-18/h2-14,16H,15H2,1H3. The second-order valence-electron chi connectivity index (χ2n) is 7.27. The lowest BCUT2D eigenvalue weighted by Gasteiger charge is -2.17. The van der Waals surface area contributed by atoms with E-state index in [2.05, 4.69) is 4.98 Å². The van der Waals surface area contributed by atoms with Crippen molar-refractivity contribution in [2.24, 2.45) is 0 Å². The number of ketones is 1. The predicted molar refractivity (Wildman–Crippen MR) is 132 cm³/mol. The Morgan fingerprint density at radius 2 is 1.56 bits per heavy atom. The van der Waals surface area contributed by atoms with Crippen molar-refractivity contribution in [2.45, 2.75) is 13.5 Å². The summed E-state index contributed by atoms with van der Waals surface area (Å²) >= 11 is 7.18. The van der Waals surface area contributed by atoms with Crippen LogP contribution < -0.4 is 4.90 Å². The van der Waals surface area contributed by atoms with Crippen LogP contribution in [0.1, 0.15) is 38.9 Å². The number of ether oxygens (including phenoxy) is 1. The molecule has 0 radical (unpaired) electrons. The van der Waals surface area contributed by atoms with E-state index in [1.807, 2.05) is 30.3 Å². The molecular weight excluding hydrogens is 472 g/mol. The molecule has 0 saturated carbocycles. The monoisotopic (exact) mass is 490 g/mol. The molecule has 4 rings (SSSR count). The Balaban J connectivity index is 1.49. The Kier molecular flexibility index (Phi) is 7.15. The summed E-state index contributed by atoms with van der Waals surface area (Å²) in [6, 6.07) is 22.1. The third-order valence-electron chi connectivity index (χ3n) is 4.91. The van der Waals surface area contributed by atoms with Crippen LogP contribution in [0.15, 0.2) is 84.2 Å². The zero-order chi connectivity index (χ0) is 24.1. The van der Waals surface area contributed by atoms with Crippen LogP contribution in [0.2, 0.25) is 5.02 Å². The van der Waals surface area contributed by atoms with Gasteiger partial charge in [0.15, 0.2) is 10.9 Å². The number of carbonyl (C=O) groups excluding carboxylic acids is 3. The molecule has 170 valence electrons. The Labute approximate surface area is 205 Å². The fraction of sp³-hybridized carbons (Fsp3) is 0.0769. The lowest BCUT2D eigenvalue weighted by Crippen LogP contribution is -2.22. The summed E-state index contributed by atoms with van der Waals surface area (Å²) in [4.78, 5) is 43.9. The molecule has 1 heterocycles. The van der Waals surface area contributed by atoms with Gasteiger partial charge in [0.25, 0.3) is 0 Å². The minimum atomic E-state index is -0.640. The van der Waals surface area contributed by atoms with Gasteiger partial charge in [-0.1, -0.05) is 48.0 Å². The number of hydrogen-bond donors (Lipinski definition) is 0. The maximum Gasteiger partial charge on any atom is 0.339 e. The number of rotatable bonds is 7. The molecule has 0 aliphatic carbocycles. The highest BCUT2D eigenvalue weighted by molar-refractivity contribution is 7.14. The van der Waals surface area contributed by atoms with Crippen LogP contribution in [-0.4, -0.2) is 22.6 Å². The Morgan fingerprint density at radius 1 is 0.912 bits per heavy atom. The number of esters is 1. The van der Waals surface area contributed by atoms with Crippen LogP contribution in [0.5, 0.6) is 0 Å². The van der Waals surface area contributed by atoms with Crippen LogP contribution in [-0.2, 0) is 16.1 Å². The molecule has 0 atom stereocenters. The number of hydrogen-bond acceptors (Lipinski definition) is 6. The lowest BCUT2D eigenvalue weighted by atomic mass is 9.98. The van der Waals surface area contributed by atoms with Crippen LogP contribution >= 0.6 is 22.9 Å². The molecule has 34 heavy (non-hydrogen) atoms. The van der Waals surface area contributed by atoms with Crippen LogP contribution in [0.4, 0.5) is 10.8 Å². The molecule has 0 fully saturated rings. The largest absolute Gasteiger partial charge is 0.456 e. The van der Waals surface area contributed by atoms with E-state index in [1.165, 1.54) is 23.2 Å². The number of aromatic nitrogens is 1. The molecular formula is C26H19ClN2O4S. The van der Waals surface area contributed by atoms with Gasteiger partial charge in [-0.2, -0.15) is 0 Å². The normalized spacial score (nSPS) is 10.5. The predicted octanol–water partition coefficient (Wildman–Crippen LogP) is 6.07. The van der Waals surface area contributed by atoms with Crippen LogP contribution in [0, 0.1) is 0 Å². The second-order valence-corrected chi connectivity index (χ2v) is 8.54. The van der Waals surface area contributed by atoms with E-state index >= 15 is 0 Å².